The lowest BCUT2D eigenvalue weighted by Gasteiger charge is -2.21. The summed E-state index contributed by atoms with van der Waals surface area (Å²) in [5.74, 6) is 2.49. The highest BCUT2D eigenvalue weighted by Crippen LogP contribution is 2.22. The zero-order valence-electron chi connectivity index (χ0n) is 13.4. The van der Waals surface area contributed by atoms with Crippen LogP contribution in [-0.4, -0.2) is 32.6 Å². The molecule has 1 unspecified atom stereocenters. The molecule has 2 aromatic rings. The van der Waals surface area contributed by atoms with Crippen LogP contribution < -0.4 is 10.6 Å². The van der Waals surface area contributed by atoms with Gasteiger partial charge in [-0.05, 0) is 6.92 Å². The minimum absolute atomic E-state index is 0.0864. The average Bonchev–Trinajstić information content (AvgIpc) is 2.89. The lowest BCUT2D eigenvalue weighted by atomic mass is 9.96. The number of rotatable bonds is 5. The number of hydrogen-bond donors (Lipinski definition) is 2. The van der Waals surface area contributed by atoms with E-state index in [1.54, 1.807) is 6.20 Å². The number of anilines is 2. The molecule has 0 aromatic carbocycles. The van der Waals surface area contributed by atoms with Crippen LogP contribution in [0.2, 0.25) is 0 Å². The molecule has 6 nitrogen and oxygen atoms in total. The first-order valence-corrected chi connectivity index (χ1v) is 7.18. The fourth-order valence-electron chi connectivity index (χ4n) is 1.99. The van der Waals surface area contributed by atoms with E-state index in [2.05, 4.69) is 53.3 Å². The quantitative estimate of drug-likeness (QED) is 0.885. The highest BCUT2D eigenvalue weighted by molar-refractivity contribution is 5.48. The summed E-state index contributed by atoms with van der Waals surface area (Å²) in [7, 11) is 1.87. The number of hydrogen-bond acceptors (Lipinski definition) is 5. The van der Waals surface area contributed by atoms with Crippen molar-refractivity contribution in [2.45, 2.75) is 45.7 Å². The van der Waals surface area contributed by atoms with Gasteiger partial charge in [0, 0.05) is 43.5 Å². The second kappa shape index (κ2) is 6.11. The molecule has 0 saturated heterocycles. The van der Waals surface area contributed by atoms with Crippen molar-refractivity contribution >= 4 is 11.6 Å². The van der Waals surface area contributed by atoms with E-state index < -0.39 is 0 Å². The highest BCUT2D eigenvalue weighted by atomic mass is 15.1. The number of imidazole rings is 1. The van der Waals surface area contributed by atoms with Gasteiger partial charge in [-0.25, -0.2) is 15.0 Å². The molecule has 0 amide bonds. The Balaban J connectivity index is 2.15. The predicted octanol–water partition coefficient (Wildman–Crippen LogP) is 2.51. The Morgan fingerprint density at radius 1 is 1.24 bits per heavy atom. The zero-order valence-corrected chi connectivity index (χ0v) is 13.4. The molecule has 0 aliphatic carbocycles. The van der Waals surface area contributed by atoms with Gasteiger partial charge in [0.25, 0.3) is 0 Å². The fraction of sp³-hybridized carbons (Fsp3) is 0.533. The average molecular weight is 288 g/mol. The van der Waals surface area contributed by atoms with Gasteiger partial charge < -0.3 is 15.2 Å². The van der Waals surface area contributed by atoms with E-state index in [0.29, 0.717) is 0 Å². The summed E-state index contributed by atoms with van der Waals surface area (Å²) in [5, 5.41) is 6.52. The van der Waals surface area contributed by atoms with Crippen LogP contribution in [0.5, 0.6) is 0 Å². The van der Waals surface area contributed by atoms with Crippen molar-refractivity contribution in [3.63, 3.8) is 0 Å². The van der Waals surface area contributed by atoms with Gasteiger partial charge in [0.1, 0.15) is 17.5 Å². The molecule has 21 heavy (non-hydrogen) atoms. The Bertz CT molecular complexity index is 570. The summed E-state index contributed by atoms with van der Waals surface area (Å²) in [6.07, 6.45) is 5.56. The van der Waals surface area contributed by atoms with Crippen LogP contribution in [0.25, 0.3) is 0 Å². The molecule has 114 valence electrons. The Kier molecular flexibility index (Phi) is 4.45. The summed E-state index contributed by atoms with van der Waals surface area (Å²) < 4.78 is 2.04. The summed E-state index contributed by atoms with van der Waals surface area (Å²) in [5.41, 5.74) is -0.0864. The molecule has 0 radical (unpaired) electrons. The monoisotopic (exact) mass is 288 g/mol. The molecule has 6 heteroatoms. The molecule has 0 bridgehead atoms. The molecule has 0 saturated carbocycles. The van der Waals surface area contributed by atoms with Crippen LogP contribution in [0.1, 0.15) is 33.5 Å². The molecule has 2 aromatic heterocycles. The third-order valence-electron chi connectivity index (χ3n) is 3.09. The van der Waals surface area contributed by atoms with Crippen LogP contribution in [-0.2, 0) is 12.0 Å². The molecular weight excluding hydrogens is 264 g/mol. The smallest absolute Gasteiger partial charge is 0.138 e. The SMILES string of the molecule is CNc1cc(NC(C)Cn2ccnc2)nc(C(C)(C)C)n1. The highest BCUT2D eigenvalue weighted by Gasteiger charge is 2.19. The van der Waals surface area contributed by atoms with E-state index in [4.69, 9.17) is 0 Å². The maximum atomic E-state index is 4.63. The molecule has 0 fully saturated rings. The Morgan fingerprint density at radius 3 is 2.52 bits per heavy atom. The maximum absolute atomic E-state index is 4.63. The van der Waals surface area contributed by atoms with Crippen LogP contribution >= 0.6 is 0 Å². The topological polar surface area (TPSA) is 67.7 Å². The maximum Gasteiger partial charge on any atom is 0.138 e. The zero-order chi connectivity index (χ0) is 15.5. The first kappa shape index (κ1) is 15.3. The van der Waals surface area contributed by atoms with Gasteiger partial charge in [0.2, 0.25) is 0 Å². The van der Waals surface area contributed by atoms with Crippen LogP contribution in [0, 0.1) is 0 Å². The normalized spacial score (nSPS) is 13.0. The standard InChI is InChI=1S/C15H24N6/c1-11(9-21-7-6-17-10-21)18-13-8-12(16-5)19-14(20-13)15(2,3)4/h6-8,10-11H,9H2,1-5H3,(H2,16,18,19,20). The molecule has 0 aliphatic heterocycles. The molecule has 2 N–H and O–H groups in total. The van der Waals surface area contributed by atoms with Gasteiger partial charge in [0.05, 0.1) is 6.33 Å². The van der Waals surface area contributed by atoms with Gasteiger partial charge in [-0.15, -0.1) is 0 Å². The Labute approximate surface area is 126 Å². The van der Waals surface area contributed by atoms with Crippen LogP contribution in [0.4, 0.5) is 11.6 Å². The summed E-state index contributed by atoms with van der Waals surface area (Å²) >= 11 is 0. The number of nitrogens with one attached hydrogen (secondary N) is 2. The van der Waals surface area contributed by atoms with Gasteiger partial charge in [-0.3, -0.25) is 0 Å². The van der Waals surface area contributed by atoms with E-state index >= 15 is 0 Å². The summed E-state index contributed by atoms with van der Waals surface area (Å²) in [4.78, 5) is 13.2. The van der Waals surface area contributed by atoms with Crippen molar-refractivity contribution in [2.75, 3.05) is 17.7 Å². The third kappa shape index (κ3) is 4.18. The summed E-state index contributed by atoms with van der Waals surface area (Å²) in [6.45, 7) is 9.29. The Hall–Kier alpha value is -2.11. The predicted molar refractivity (Wildman–Crippen MR) is 85.6 cm³/mol. The molecule has 2 heterocycles. The van der Waals surface area contributed by atoms with Crippen molar-refractivity contribution in [1.29, 1.82) is 0 Å². The van der Waals surface area contributed by atoms with Crippen molar-refractivity contribution in [1.82, 2.24) is 19.5 Å². The lowest BCUT2D eigenvalue weighted by Crippen LogP contribution is -2.24. The van der Waals surface area contributed by atoms with Crippen molar-refractivity contribution in [3.05, 3.63) is 30.6 Å². The molecular formula is C15H24N6. The first-order valence-electron chi connectivity index (χ1n) is 7.18. The van der Waals surface area contributed by atoms with Crippen molar-refractivity contribution in [2.24, 2.45) is 0 Å². The van der Waals surface area contributed by atoms with Crippen LogP contribution in [0.15, 0.2) is 24.8 Å². The van der Waals surface area contributed by atoms with Crippen LogP contribution in [0.3, 0.4) is 0 Å². The molecule has 0 spiro atoms. The first-order chi connectivity index (χ1) is 9.88. The van der Waals surface area contributed by atoms with E-state index in [-0.39, 0.29) is 11.5 Å². The molecule has 1 atom stereocenters. The van der Waals surface area contributed by atoms with Gasteiger partial charge in [0.15, 0.2) is 0 Å². The van der Waals surface area contributed by atoms with E-state index in [1.807, 2.05) is 30.2 Å². The number of nitrogens with zero attached hydrogens (tertiary/aromatic N) is 4. The third-order valence-corrected chi connectivity index (χ3v) is 3.09. The largest absolute Gasteiger partial charge is 0.373 e. The van der Waals surface area contributed by atoms with E-state index in [0.717, 1.165) is 24.0 Å². The minimum Gasteiger partial charge on any atom is -0.373 e. The van der Waals surface area contributed by atoms with E-state index in [9.17, 15) is 0 Å². The molecule has 2 rings (SSSR count). The van der Waals surface area contributed by atoms with Crippen molar-refractivity contribution in [3.8, 4) is 0 Å². The summed E-state index contributed by atoms with van der Waals surface area (Å²) in [6, 6.07) is 2.17. The number of aromatic nitrogens is 4. The second-order valence-electron chi connectivity index (χ2n) is 6.27. The fourth-order valence-corrected chi connectivity index (χ4v) is 1.99. The lowest BCUT2D eigenvalue weighted by molar-refractivity contribution is 0.545. The van der Waals surface area contributed by atoms with Gasteiger partial charge >= 0.3 is 0 Å². The van der Waals surface area contributed by atoms with E-state index in [1.165, 1.54) is 0 Å². The second-order valence-corrected chi connectivity index (χ2v) is 6.27. The van der Waals surface area contributed by atoms with Gasteiger partial charge in [-0.1, -0.05) is 20.8 Å². The Morgan fingerprint density at radius 2 is 1.95 bits per heavy atom. The van der Waals surface area contributed by atoms with Crippen molar-refractivity contribution < 1.29 is 0 Å². The molecule has 0 aliphatic rings. The minimum atomic E-state index is -0.0864. The van der Waals surface area contributed by atoms with Gasteiger partial charge in [-0.2, -0.15) is 0 Å².